The van der Waals surface area contributed by atoms with Gasteiger partial charge in [-0.1, -0.05) is 6.92 Å². The van der Waals surface area contributed by atoms with Crippen LogP contribution in [0.25, 0.3) is 0 Å². The first-order valence-corrected chi connectivity index (χ1v) is 4.03. The van der Waals surface area contributed by atoms with Gasteiger partial charge in [0.1, 0.15) is 5.72 Å². The maximum atomic E-state index is 8.60. The van der Waals surface area contributed by atoms with Crippen LogP contribution in [0.4, 0.5) is 0 Å². The third kappa shape index (κ3) is 22.5. The molecule has 0 aromatic rings. The van der Waals surface area contributed by atoms with Crippen molar-refractivity contribution in [2.24, 2.45) is 11.5 Å². The summed E-state index contributed by atoms with van der Waals surface area (Å²) in [6, 6.07) is 0. The van der Waals surface area contributed by atoms with Crippen LogP contribution < -0.4 is 11.5 Å². The smallest absolute Gasteiger partial charge is 0.110 e. The quantitative estimate of drug-likeness (QED) is 0.440. The van der Waals surface area contributed by atoms with Crippen LogP contribution in [-0.2, 0) is 0 Å². The molecule has 0 heterocycles. The van der Waals surface area contributed by atoms with Crippen molar-refractivity contribution in [1.29, 1.82) is 0 Å². The lowest BCUT2D eigenvalue weighted by molar-refractivity contribution is 0.0632. The molecule has 0 fully saturated rings. The normalized spacial score (nSPS) is 16.0. The Morgan fingerprint density at radius 1 is 1.17 bits per heavy atom. The standard InChI is InChI=1S/2C4H11NO/c1-4(2,5)3-6;1-3-4(2,5)6/h2*6H,3,5H2,1-2H3. The topological polar surface area (TPSA) is 92.5 Å². The molecule has 0 saturated carbocycles. The molecule has 6 N–H and O–H groups in total. The lowest BCUT2D eigenvalue weighted by Crippen LogP contribution is -2.35. The van der Waals surface area contributed by atoms with Gasteiger partial charge in [0.15, 0.2) is 0 Å². The zero-order valence-corrected chi connectivity index (χ0v) is 8.46. The lowest BCUT2D eigenvalue weighted by Gasteiger charge is -2.12. The Morgan fingerprint density at radius 2 is 1.33 bits per heavy atom. The van der Waals surface area contributed by atoms with Gasteiger partial charge >= 0.3 is 0 Å². The van der Waals surface area contributed by atoms with Crippen molar-refractivity contribution in [2.75, 3.05) is 6.61 Å². The molecule has 0 amide bonds. The number of rotatable bonds is 2. The van der Waals surface area contributed by atoms with E-state index < -0.39 is 11.3 Å². The van der Waals surface area contributed by atoms with Gasteiger partial charge in [-0.05, 0) is 27.2 Å². The maximum absolute atomic E-state index is 8.60. The average molecular weight is 178 g/mol. The molecule has 76 valence electrons. The molecular weight excluding hydrogens is 156 g/mol. The highest BCUT2D eigenvalue weighted by molar-refractivity contribution is 4.67. The van der Waals surface area contributed by atoms with Gasteiger partial charge < -0.3 is 21.7 Å². The van der Waals surface area contributed by atoms with E-state index in [0.29, 0.717) is 6.42 Å². The van der Waals surface area contributed by atoms with E-state index in [4.69, 9.17) is 21.7 Å². The predicted octanol–water partition coefficient (Wildman–Crippen LogP) is -0.220. The minimum Gasteiger partial charge on any atom is -0.394 e. The van der Waals surface area contributed by atoms with Crippen LogP contribution in [-0.4, -0.2) is 28.1 Å². The Labute approximate surface area is 74.6 Å². The molecule has 0 aromatic heterocycles. The monoisotopic (exact) mass is 178 g/mol. The summed E-state index contributed by atoms with van der Waals surface area (Å²) in [5, 5.41) is 16.9. The Balaban J connectivity index is 0. The summed E-state index contributed by atoms with van der Waals surface area (Å²) in [5.74, 6) is 0. The van der Waals surface area contributed by atoms with Gasteiger partial charge in [-0.2, -0.15) is 0 Å². The molecule has 1 unspecified atom stereocenters. The van der Waals surface area contributed by atoms with Crippen molar-refractivity contribution in [3.63, 3.8) is 0 Å². The number of hydrogen-bond donors (Lipinski definition) is 4. The fraction of sp³-hybridized carbons (Fsp3) is 1.00. The molecule has 0 bridgehead atoms. The van der Waals surface area contributed by atoms with E-state index in [1.165, 1.54) is 0 Å². The predicted molar refractivity (Wildman–Crippen MR) is 50.5 cm³/mol. The third-order valence-electron chi connectivity index (χ3n) is 1.12. The van der Waals surface area contributed by atoms with Gasteiger partial charge in [0.2, 0.25) is 0 Å². The summed E-state index contributed by atoms with van der Waals surface area (Å²) in [4.78, 5) is 0. The first kappa shape index (κ1) is 14.4. The van der Waals surface area contributed by atoms with E-state index in [1.54, 1.807) is 20.8 Å². The van der Waals surface area contributed by atoms with Gasteiger partial charge in [0.05, 0.1) is 6.61 Å². The van der Waals surface area contributed by atoms with E-state index in [0.717, 1.165) is 0 Å². The molecule has 0 aliphatic carbocycles. The number of aliphatic hydroxyl groups is 2. The molecule has 0 radical (unpaired) electrons. The number of nitrogens with two attached hydrogens (primary N) is 2. The first-order valence-electron chi connectivity index (χ1n) is 4.03. The minimum absolute atomic E-state index is 0.0486. The van der Waals surface area contributed by atoms with E-state index in [9.17, 15) is 0 Å². The molecule has 0 saturated heterocycles. The van der Waals surface area contributed by atoms with Crippen LogP contribution in [0.1, 0.15) is 34.1 Å². The highest BCUT2D eigenvalue weighted by Gasteiger charge is 2.06. The number of hydrogen-bond acceptors (Lipinski definition) is 4. The molecule has 0 aliphatic rings. The van der Waals surface area contributed by atoms with E-state index in [-0.39, 0.29) is 6.61 Å². The van der Waals surface area contributed by atoms with Gasteiger partial charge in [-0.15, -0.1) is 0 Å². The zero-order chi connectivity index (χ0) is 10.4. The zero-order valence-electron chi connectivity index (χ0n) is 8.46. The second-order valence-corrected chi connectivity index (χ2v) is 3.86. The molecule has 4 heteroatoms. The second-order valence-electron chi connectivity index (χ2n) is 3.86. The summed E-state index contributed by atoms with van der Waals surface area (Å²) < 4.78 is 0. The van der Waals surface area contributed by atoms with Crippen molar-refractivity contribution in [2.45, 2.75) is 45.4 Å². The third-order valence-corrected chi connectivity index (χ3v) is 1.12. The van der Waals surface area contributed by atoms with Crippen LogP contribution in [0.2, 0.25) is 0 Å². The van der Waals surface area contributed by atoms with E-state index in [1.807, 2.05) is 6.92 Å². The van der Waals surface area contributed by atoms with E-state index in [2.05, 4.69) is 0 Å². The van der Waals surface area contributed by atoms with Crippen molar-refractivity contribution >= 4 is 0 Å². The van der Waals surface area contributed by atoms with Crippen molar-refractivity contribution < 1.29 is 10.2 Å². The minimum atomic E-state index is -0.958. The van der Waals surface area contributed by atoms with Gasteiger partial charge in [-0.25, -0.2) is 0 Å². The Morgan fingerprint density at radius 3 is 1.33 bits per heavy atom. The highest BCUT2D eigenvalue weighted by Crippen LogP contribution is 1.94. The van der Waals surface area contributed by atoms with Crippen LogP contribution in [0.15, 0.2) is 0 Å². The largest absolute Gasteiger partial charge is 0.394 e. The summed E-state index contributed by atoms with van der Waals surface area (Å²) in [6.07, 6.45) is 0.604. The highest BCUT2D eigenvalue weighted by atomic mass is 16.3. The summed E-state index contributed by atoms with van der Waals surface area (Å²) >= 11 is 0. The molecule has 0 aromatic carbocycles. The van der Waals surface area contributed by atoms with Crippen LogP contribution in [0, 0.1) is 0 Å². The molecule has 0 rings (SSSR count). The second kappa shape index (κ2) is 5.48. The van der Waals surface area contributed by atoms with E-state index >= 15 is 0 Å². The summed E-state index contributed by atoms with van der Waals surface area (Å²) in [7, 11) is 0. The SMILES string of the molecule is CC(C)(N)CO.CCC(C)(N)O. The van der Waals surface area contributed by atoms with Gasteiger partial charge in [0.25, 0.3) is 0 Å². The molecular formula is C8H22N2O2. The Hall–Kier alpha value is -0.160. The van der Waals surface area contributed by atoms with Gasteiger partial charge in [-0.3, -0.25) is 0 Å². The van der Waals surface area contributed by atoms with Crippen molar-refractivity contribution in [3.8, 4) is 0 Å². The average Bonchev–Trinajstić information content (AvgIpc) is 1.86. The van der Waals surface area contributed by atoms with Crippen molar-refractivity contribution in [3.05, 3.63) is 0 Å². The van der Waals surface area contributed by atoms with Crippen LogP contribution in [0.5, 0.6) is 0 Å². The molecule has 12 heavy (non-hydrogen) atoms. The first-order chi connectivity index (χ1) is 5.12. The summed E-state index contributed by atoms with van der Waals surface area (Å²) in [6.45, 7) is 7.00. The Bertz CT molecular complexity index is 88.6. The molecule has 0 spiro atoms. The Kier molecular flexibility index (Phi) is 6.56. The molecule has 1 atom stereocenters. The van der Waals surface area contributed by atoms with Gasteiger partial charge in [0, 0.05) is 5.54 Å². The fourth-order valence-corrected chi connectivity index (χ4v) is 0. The maximum Gasteiger partial charge on any atom is 0.110 e. The van der Waals surface area contributed by atoms with Crippen LogP contribution >= 0.6 is 0 Å². The summed E-state index contributed by atoms with van der Waals surface area (Å²) in [5.41, 5.74) is 9.01. The van der Waals surface area contributed by atoms with Crippen molar-refractivity contribution in [1.82, 2.24) is 0 Å². The van der Waals surface area contributed by atoms with Crippen LogP contribution in [0.3, 0.4) is 0 Å². The molecule has 0 aliphatic heterocycles. The number of aliphatic hydroxyl groups excluding tert-OH is 1. The fourth-order valence-electron chi connectivity index (χ4n) is 0. The lowest BCUT2D eigenvalue weighted by atomic mass is 10.1. The molecule has 4 nitrogen and oxygen atoms in total.